The van der Waals surface area contributed by atoms with E-state index in [2.05, 4.69) is 47.5 Å². The van der Waals surface area contributed by atoms with E-state index in [-0.39, 0.29) is 34.3 Å². The summed E-state index contributed by atoms with van der Waals surface area (Å²) >= 11 is 0. The molecule has 262 valence electrons. The number of aromatic nitrogens is 1. The largest absolute Gasteiger partial charge is 0.497 e. The fourth-order valence-electron chi connectivity index (χ4n) is 10.5. The van der Waals surface area contributed by atoms with Crippen molar-refractivity contribution in [1.29, 1.82) is 0 Å². The van der Waals surface area contributed by atoms with Gasteiger partial charge < -0.3 is 14.6 Å². The number of methoxy groups -OCH3 is 1. The molecular weight excluding hydrogens is 637 g/mol. The minimum absolute atomic E-state index is 0.0469. The summed E-state index contributed by atoms with van der Waals surface area (Å²) in [5.74, 6) is 1.11. The minimum atomic E-state index is -3.97. The summed E-state index contributed by atoms with van der Waals surface area (Å²) in [6.45, 7) is 7.66. The van der Waals surface area contributed by atoms with Crippen molar-refractivity contribution in [1.82, 2.24) is 18.9 Å². The number of ether oxygens (including phenoxy) is 1. The normalized spacial score (nSPS) is 30.0. The van der Waals surface area contributed by atoms with Crippen LogP contribution in [0.25, 0.3) is 22.2 Å². The van der Waals surface area contributed by atoms with Gasteiger partial charge in [0.2, 0.25) is 5.91 Å². The molecule has 5 atom stereocenters. The highest BCUT2D eigenvalue weighted by molar-refractivity contribution is 7.87. The smallest absolute Gasteiger partial charge is 0.303 e. The van der Waals surface area contributed by atoms with Crippen LogP contribution in [-0.4, -0.2) is 56.4 Å². The van der Waals surface area contributed by atoms with Gasteiger partial charge in [-0.3, -0.25) is 9.59 Å². The van der Waals surface area contributed by atoms with Crippen LogP contribution in [0.4, 0.5) is 0 Å². The Hall–Kier alpha value is -3.37. The Morgan fingerprint density at radius 2 is 1.73 bits per heavy atom. The Bertz CT molecular complexity index is 1990. The summed E-state index contributed by atoms with van der Waals surface area (Å²) in [5, 5.41) is 4.70. The van der Waals surface area contributed by atoms with Crippen molar-refractivity contribution in [2.75, 3.05) is 21.2 Å². The fraction of sp³-hybridized carbons (Fsp3) is 0.590. The zero-order valence-electron chi connectivity index (χ0n) is 29.7. The van der Waals surface area contributed by atoms with Gasteiger partial charge in [-0.2, -0.15) is 12.7 Å². The lowest BCUT2D eigenvalue weighted by molar-refractivity contribution is -0.128. The summed E-state index contributed by atoms with van der Waals surface area (Å²) in [6.07, 6.45) is 9.87. The number of rotatable bonds is 7. The summed E-state index contributed by atoms with van der Waals surface area (Å²) in [4.78, 5) is 28.2. The van der Waals surface area contributed by atoms with Gasteiger partial charge in [-0.05, 0) is 103 Å². The Labute approximate surface area is 290 Å². The molecule has 3 aromatic rings. The van der Waals surface area contributed by atoms with E-state index in [0.29, 0.717) is 18.4 Å². The van der Waals surface area contributed by atoms with E-state index in [0.717, 1.165) is 69.9 Å². The van der Waals surface area contributed by atoms with E-state index < -0.39 is 21.5 Å². The average Bonchev–Trinajstić information content (AvgIpc) is 3.62. The van der Waals surface area contributed by atoms with Crippen molar-refractivity contribution >= 4 is 32.9 Å². The van der Waals surface area contributed by atoms with Crippen LogP contribution >= 0.6 is 0 Å². The maximum Gasteiger partial charge on any atom is 0.303 e. The zero-order valence-corrected chi connectivity index (χ0v) is 30.5. The predicted octanol–water partition coefficient (Wildman–Crippen LogP) is 6.72. The minimum Gasteiger partial charge on any atom is -0.497 e. The molecule has 0 spiro atoms. The molecule has 4 unspecified atom stereocenters. The van der Waals surface area contributed by atoms with Gasteiger partial charge in [0.15, 0.2) is 0 Å². The van der Waals surface area contributed by atoms with E-state index in [4.69, 9.17) is 4.74 Å². The first-order chi connectivity index (χ1) is 23.2. The zero-order chi connectivity index (χ0) is 34.7. The molecule has 2 amide bonds. The Morgan fingerprint density at radius 1 is 0.980 bits per heavy atom. The monoisotopic (exact) mass is 686 g/mol. The van der Waals surface area contributed by atoms with E-state index in [1.54, 1.807) is 13.2 Å². The molecule has 0 radical (unpaired) electrons. The maximum atomic E-state index is 14.8. The molecule has 10 heteroatoms. The number of carbonyl (C=O) groups excluding carboxylic acids is 2. The van der Waals surface area contributed by atoms with Crippen molar-refractivity contribution in [3.63, 3.8) is 0 Å². The van der Waals surface area contributed by atoms with Gasteiger partial charge in [0, 0.05) is 54.6 Å². The number of fused-ring (bicyclic) bond motifs is 9. The van der Waals surface area contributed by atoms with Crippen molar-refractivity contribution < 1.29 is 22.7 Å². The number of carbonyl (C=O) groups is 2. The second-order valence-corrected chi connectivity index (χ2v) is 18.6. The van der Waals surface area contributed by atoms with E-state index in [1.165, 1.54) is 45.3 Å². The molecule has 2 N–H and O–H groups in total. The van der Waals surface area contributed by atoms with Crippen LogP contribution in [0.5, 0.6) is 5.75 Å². The second kappa shape index (κ2) is 11.1. The lowest BCUT2D eigenvalue weighted by atomic mass is 9.71. The summed E-state index contributed by atoms with van der Waals surface area (Å²) in [6, 6.07) is 12.1. The molecule has 1 aromatic heterocycles. The van der Waals surface area contributed by atoms with Crippen LogP contribution in [0.15, 0.2) is 36.4 Å². The predicted molar refractivity (Wildman–Crippen MR) is 191 cm³/mol. The molecule has 4 saturated carbocycles. The van der Waals surface area contributed by atoms with Crippen LogP contribution < -0.4 is 14.8 Å². The molecule has 8 rings (SSSR count). The van der Waals surface area contributed by atoms with Crippen molar-refractivity contribution in [2.24, 2.45) is 22.2 Å². The van der Waals surface area contributed by atoms with Gasteiger partial charge in [0.05, 0.1) is 18.2 Å². The highest BCUT2D eigenvalue weighted by atomic mass is 32.2. The molecule has 2 bridgehead atoms. The molecule has 0 saturated heterocycles. The molecule has 9 nitrogen and oxygen atoms in total. The van der Waals surface area contributed by atoms with Gasteiger partial charge >= 0.3 is 10.2 Å². The molecule has 49 heavy (non-hydrogen) atoms. The number of amides is 2. The van der Waals surface area contributed by atoms with Gasteiger partial charge in [-0.25, -0.2) is 4.72 Å². The lowest BCUT2D eigenvalue weighted by Crippen LogP contribution is -2.45. The Morgan fingerprint density at radius 3 is 2.39 bits per heavy atom. The first-order valence-corrected chi connectivity index (χ1v) is 19.5. The van der Waals surface area contributed by atoms with Crippen molar-refractivity contribution in [3.8, 4) is 17.0 Å². The molecule has 2 aromatic carbocycles. The summed E-state index contributed by atoms with van der Waals surface area (Å²) in [5.41, 5.74) is 5.63. The first-order valence-electron chi connectivity index (χ1n) is 18.1. The van der Waals surface area contributed by atoms with E-state index in [9.17, 15) is 18.0 Å². The number of nitrogens with one attached hydrogen (secondary N) is 2. The quantitative estimate of drug-likeness (QED) is 0.287. The molecule has 5 aliphatic rings. The van der Waals surface area contributed by atoms with E-state index >= 15 is 0 Å². The summed E-state index contributed by atoms with van der Waals surface area (Å²) < 4.78 is 36.5. The highest BCUT2D eigenvalue weighted by Gasteiger charge is 2.65. The number of benzene rings is 2. The third kappa shape index (κ3) is 4.83. The first kappa shape index (κ1) is 32.8. The number of nitrogens with zero attached hydrogens (tertiary/aromatic N) is 2. The Kier molecular flexibility index (Phi) is 7.41. The van der Waals surface area contributed by atoms with Gasteiger partial charge in [-0.15, -0.1) is 0 Å². The van der Waals surface area contributed by atoms with Crippen LogP contribution in [0, 0.1) is 22.2 Å². The topological polar surface area (TPSA) is 110 Å². The average molecular weight is 687 g/mol. The summed E-state index contributed by atoms with van der Waals surface area (Å²) in [7, 11) is 0.505. The maximum absolute atomic E-state index is 14.8. The Balaban J connectivity index is 1.28. The molecule has 2 heterocycles. The van der Waals surface area contributed by atoms with Crippen LogP contribution in [0.3, 0.4) is 0 Å². The SMILES string of the molecule is COc1ccc2c(c1)C1CC1(C(=O)N[C@H]1CC3(C)CCC1C3(C)C)Cn1c-2c(C2CCCCC2)c2ccc(C(=O)NS(=O)(=O)N(C)C)cc21. The standard InChI is InChI=1S/C39H50N4O5S/c1-37(2)29-16-17-38(37,3)21-31(29)40-36(45)39-20-30(39)28-19-25(48-6)13-15-26(28)34-33(23-10-8-7-9-11-23)27-14-12-24(18-32(27)43(34)22-39)35(44)41-49(46,47)42(4)5/h12-15,18-19,23,29-31H,7-11,16-17,20-22H2,1-6H3,(H,40,45)(H,41,44)/t29?,30?,31-,38?,39?/m0/s1. The fourth-order valence-corrected chi connectivity index (χ4v) is 11.0. The molecule has 1 aliphatic heterocycles. The van der Waals surface area contributed by atoms with Crippen molar-refractivity contribution in [3.05, 3.63) is 53.1 Å². The van der Waals surface area contributed by atoms with Crippen LogP contribution in [0.1, 0.15) is 112 Å². The van der Waals surface area contributed by atoms with Crippen LogP contribution in [-0.2, 0) is 21.5 Å². The van der Waals surface area contributed by atoms with E-state index in [1.807, 2.05) is 18.2 Å². The van der Waals surface area contributed by atoms with Crippen molar-refractivity contribution in [2.45, 2.75) is 103 Å². The van der Waals surface area contributed by atoms with Gasteiger partial charge in [0.1, 0.15) is 5.75 Å². The molecule has 4 fully saturated rings. The van der Waals surface area contributed by atoms with Gasteiger partial charge in [-0.1, -0.05) is 46.1 Å². The number of hydrogen-bond donors (Lipinski definition) is 2. The highest BCUT2D eigenvalue weighted by Crippen LogP contribution is 2.68. The van der Waals surface area contributed by atoms with Crippen LogP contribution in [0.2, 0.25) is 0 Å². The second-order valence-electron chi connectivity index (χ2n) is 16.7. The molecular formula is C39H50N4O5S. The lowest BCUT2D eigenvalue weighted by Gasteiger charge is -2.33. The van der Waals surface area contributed by atoms with Gasteiger partial charge in [0.25, 0.3) is 5.91 Å². The molecule has 4 aliphatic carbocycles. The third-order valence-corrected chi connectivity index (χ3v) is 15.3. The third-order valence-electron chi connectivity index (χ3n) is 13.9. The number of hydrogen-bond acceptors (Lipinski definition) is 5.